The number of halogens is 2. The average Bonchev–Trinajstić information content (AvgIpc) is 3.11. The number of ether oxygens (including phenoxy) is 1. The van der Waals surface area contributed by atoms with Crippen molar-refractivity contribution in [2.24, 2.45) is 0 Å². The van der Waals surface area contributed by atoms with Crippen molar-refractivity contribution in [2.75, 3.05) is 11.9 Å². The second-order valence-corrected chi connectivity index (χ2v) is 10.8. The number of nitriles is 1. The van der Waals surface area contributed by atoms with Gasteiger partial charge in [0.2, 0.25) is 5.91 Å². The zero-order valence-electron chi connectivity index (χ0n) is 19.5. The molecule has 3 aromatic rings. The molecular formula is C27H19Br2N3O4S. The lowest BCUT2D eigenvalue weighted by atomic mass is 10.1. The number of aryl methyl sites for hydroxylation is 1. The van der Waals surface area contributed by atoms with E-state index < -0.39 is 17.1 Å². The summed E-state index contributed by atoms with van der Waals surface area (Å²) in [5.74, 6) is -0.458. The molecule has 0 atom stereocenters. The van der Waals surface area contributed by atoms with E-state index >= 15 is 0 Å². The van der Waals surface area contributed by atoms with Gasteiger partial charge in [0.25, 0.3) is 11.1 Å². The molecule has 0 unspecified atom stereocenters. The van der Waals surface area contributed by atoms with Gasteiger partial charge in [0.15, 0.2) is 0 Å². The fourth-order valence-corrected chi connectivity index (χ4v) is 5.85. The van der Waals surface area contributed by atoms with Crippen LogP contribution in [0.1, 0.15) is 22.3 Å². The number of carbonyl (C=O) groups excluding carboxylic acids is 3. The van der Waals surface area contributed by atoms with Gasteiger partial charge in [0, 0.05) is 11.3 Å². The van der Waals surface area contributed by atoms with Crippen molar-refractivity contribution < 1.29 is 19.1 Å². The Kier molecular flexibility index (Phi) is 8.48. The van der Waals surface area contributed by atoms with Crippen LogP contribution < -0.4 is 10.1 Å². The number of hydrogen-bond acceptors (Lipinski definition) is 6. The molecule has 1 saturated heterocycles. The first-order valence-corrected chi connectivity index (χ1v) is 13.4. The van der Waals surface area contributed by atoms with Crippen LogP contribution in [0.3, 0.4) is 0 Å². The van der Waals surface area contributed by atoms with Crippen LogP contribution in [0.5, 0.6) is 5.75 Å². The Morgan fingerprint density at radius 2 is 1.84 bits per heavy atom. The first-order valence-electron chi connectivity index (χ1n) is 11.0. The summed E-state index contributed by atoms with van der Waals surface area (Å²) in [7, 11) is 0. The second kappa shape index (κ2) is 11.8. The van der Waals surface area contributed by atoms with Crippen LogP contribution in [0.4, 0.5) is 10.5 Å². The van der Waals surface area contributed by atoms with Crippen molar-refractivity contribution in [3.63, 3.8) is 0 Å². The Morgan fingerprint density at radius 3 is 2.54 bits per heavy atom. The molecule has 3 amide bonds. The monoisotopic (exact) mass is 639 g/mol. The highest BCUT2D eigenvalue weighted by Crippen LogP contribution is 2.38. The van der Waals surface area contributed by atoms with Crippen LogP contribution >= 0.6 is 43.6 Å². The summed E-state index contributed by atoms with van der Waals surface area (Å²) < 4.78 is 7.18. The van der Waals surface area contributed by atoms with E-state index in [-0.39, 0.29) is 18.1 Å². The molecule has 37 heavy (non-hydrogen) atoms. The molecule has 0 aromatic heterocycles. The van der Waals surface area contributed by atoms with Crippen molar-refractivity contribution in [3.05, 3.63) is 96.8 Å². The first kappa shape index (κ1) is 26.7. The third kappa shape index (κ3) is 6.49. The van der Waals surface area contributed by atoms with Crippen LogP contribution in [0.2, 0.25) is 0 Å². The molecule has 0 aliphatic carbocycles. The fraction of sp³-hybridized carbons (Fsp3) is 0.111. The van der Waals surface area contributed by atoms with Crippen molar-refractivity contribution in [3.8, 4) is 11.8 Å². The molecule has 1 fully saturated rings. The van der Waals surface area contributed by atoms with Crippen molar-refractivity contribution >= 4 is 72.4 Å². The topological polar surface area (TPSA) is 99.5 Å². The summed E-state index contributed by atoms with van der Waals surface area (Å²) in [6, 6.07) is 20.1. The summed E-state index contributed by atoms with van der Waals surface area (Å²) in [4.78, 5) is 38.9. The summed E-state index contributed by atoms with van der Waals surface area (Å²) >= 11 is 7.77. The Balaban J connectivity index is 1.45. The number of benzene rings is 3. The first-order chi connectivity index (χ1) is 17.7. The lowest BCUT2D eigenvalue weighted by Gasteiger charge is -2.13. The van der Waals surface area contributed by atoms with E-state index in [2.05, 4.69) is 43.2 Å². The highest BCUT2D eigenvalue weighted by atomic mass is 79.9. The molecule has 0 saturated carbocycles. The Bertz CT molecular complexity index is 1460. The van der Waals surface area contributed by atoms with Crippen molar-refractivity contribution in [1.82, 2.24) is 4.90 Å². The minimum atomic E-state index is -0.532. The summed E-state index contributed by atoms with van der Waals surface area (Å²) in [6.07, 6.45) is 1.59. The number of nitrogens with zero attached hydrogens (tertiary/aromatic N) is 2. The minimum absolute atomic E-state index is 0.198. The summed E-state index contributed by atoms with van der Waals surface area (Å²) in [5, 5.41) is 11.5. The van der Waals surface area contributed by atoms with E-state index in [1.807, 2.05) is 31.2 Å². The SMILES string of the molecule is Cc1cccc(NC(=O)CN2C(=O)S/C(=C\c3cc(Br)c(OCc4ccccc4C#N)c(Br)c3)C2=O)c1. The zero-order chi connectivity index (χ0) is 26.5. The quantitative estimate of drug-likeness (QED) is 0.291. The molecule has 1 N–H and O–H groups in total. The molecule has 1 heterocycles. The number of thioether (sulfide) groups is 1. The lowest BCUT2D eigenvalue weighted by molar-refractivity contribution is -0.127. The number of imide groups is 1. The van der Waals surface area contributed by atoms with E-state index in [0.717, 1.165) is 27.8 Å². The van der Waals surface area contributed by atoms with Gasteiger partial charge in [0.1, 0.15) is 18.9 Å². The largest absolute Gasteiger partial charge is 0.486 e. The van der Waals surface area contributed by atoms with Crippen molar-refractivity contribution in [2.45, 2.75) is 13.5 Å². The normalized spacial score (nSPS) is 14.1. The zero-order valence-corrected chi connectivity index (χ0v) is 23.4. The van der Waals surface area contributed by atoms with Gasteiger partial charge in [-0.2, -0.15) is 5.26 Å². The van der Waals surface area contributed by atoms with Gasteiger partial charge in [-0.1, -0.05) is 30.3 Å². The van der Waals surface area contributed by atoms with Gasteiger partial charge >= 0.3 is 0 Å². The number of carbonyl (C=O) groups is 3. The van der Waals surface area contributed by atoms with Gasteiger partial charge < -0.3 is 10.1 Å². The molecule has 7 nitrogen and oxygen atoms in total. The highest BCUT2D eigenvalue weighted by molar-refractivity contribution is 9.11. The van der Waals surface area contributed by atoms with E-state index in [9.17, 15) is 19.6 Å². The molecule has 1 aliphatic heterocycles. The molecule has 1 aliphatic rings. The lowest BCUT2D eigenvalue weighted by Crippen LogP contribution is -2.36. The van der Waals surface area contributed by atoms with E-state index in [0.29, 0.717) is 31.5 Å². The standard InChI is InChI=1S/C27H19Br2N3O4S/c1-16-5-4-8-20(9-16)31-24(33)14-32-26(34)23(37-27(32)35)12-17-10-21(28)25(22(29)11-17)36-15-19-7-3-2-6-18(19)13-30/h2-12H,14-15H2,1H3,(H,31,33)/b23-12-. The minimum Gasteiger partial charge on any atom is -0.486 e. The molecule has 0 spiro atoms. The molecular weight excluding hydrogens is 622 g/mol. The maximum Gasteiger partial charge on any atom is 0.294 e. The number of anilines is 1. The average molecular weight is 641 g/mol. The number of amides is 3. The number of nitrogens with one attached hydrogen (secondary N) is 1. The fourth-order valence-electron chi connectivity index (χ4n) is 3.56. The van der Waals surface area contributed by atoms with Gasteiger partial charge in [-0.15, -0.1) is 0 Å². The third-order valence-corrected chi connectivity index (χ3v) is 7.39. The van der Waals surface area contributed by atoms with Crippen LogP contribution in [0.15, 0.2) is 74.5 Å². The van der Waals surface area contributed by atoms with Crippen LogP contribution in [0.25, 0.3) is 6.08 Å². The second-order valence-electron chi connectivity index (χ2n) is 8.06. The Morgan fingerprint density at radius 1 is 1.11 bits per heavy atom. The van der Waals surface area contributed by atoms with Crippen LogP contribution in [-0.2, 0) is 16.2 Å². The van der Waals surface area contributed by atoms with Gasteiger partial charge in [-0.3, -0.25) is 19.3 Å². The molecule has 186 valence electrons. The maximum atomic E-state index is 12.9. The van der Waals surface area contributed by atoms with Gasteiger partial charge in [-0.25, -0.2) is 0 Å². The molecule has 4 rings (SSSR count). The molecule has 0 bridgehead atoms. The van der Waals surface area contributed by atoms with Crippen LogP contribution in [-0.4, -0.2) is 28.5 Å². The predicted octanol–water partition coefficient (Wildman–Crippen LogP) is 6.65. The molecule has 3 aromatic carbocycles. The number of hydrogen-bond donors (Lipinski definition) is 1. The number of rotatable bonds is 7. The highest BCUT2D eigenvalue weighted by Gasteiger charge is 2.36. The van der Waals surface area contributed by atoms with E-state index in [4.69, 9.17) is 4.74 Å². The summed E-state index contributed by atoms with van der Waals surface area (Å²) in [6.45, 7) is 1.73. The van der Waals surface area contributed by atoms with Gasteiger partial charge in [0.05, 0.1) is 25.5 Å². The summed E-state index contributed by atoms with van der Waals surface area (Å²) in [5.41, 5.74) is 3.52. The van der Waals surface area contributed by atoms with E-state index in [1.54, 1.807) is 42.5 Å². The molecule has 10 heteroatoms. The molecule has 0 radical (unpaired) electrons. The Labute approximate surface area is 234 Å². The predicted molar refractivity (Wildman–Crippen MR) is 150 cm³/mol. The third-order valence-electron chi connectivity index (χ3n) is 5.31. The van der Waals surface area contributed by atoms with Crippen molar-refractivity contribution in [1.29, 1.82) is 5.26 Å². The van der Waals surface area contributed by atoms with Crippen LogP contribution in [0, 0.1) is 18.3 Å². The Hall–Kier alpha value is -3.39. The maximum absolute atomic E-state index is 12.9. The van der Waals surface area contributed by atoms with Gasteiger partial charge in [-0.05, 0) is 98.1 Å². The smallest absolute Gasteiger partial charge is 0.294 e. The van der Waals surface area contributed by atoms with E-state index in [1.165, 1.54) is 0 Å².